The van der Waals surface area contributed by atoms with E-state index in [1.54, 1.807) is 13.1 Å². The number of ether oxygens (including phenoxy) is 1. The predicted octanol–water partition coefficient (Wildman–Crippen LogP) is 5.82. The number of pyridine rings is 1. The van der Waals surface area contributed by atoms with Crippen LogP contribution in [0.25, 0.3) is 11.1 Å². The van der Waals surface area contributed by atoms with Gasteiger partial charge in [0.25, 0.3) is 0 Å². The van der Waals surface area contributed by atoms with Crippen molar-refractivity contribution >= 4 is 29.0 Å². The summed E-state index contributed by atoms with van der Waals surface area (Å²) in [5, 5.41) is 8.30. The van der Waals surface area contributed by atoms with Crippen LogP contribution >= 0.6 is 23.2 Å². The Balaban J connectivity index is 1.34. The Morgan fingerprint density at radius 1 is 1.21 bits per heavy atom. The molecular weight excluding hydrogens is 464 g/mol. The van der Waals surface area contributed by atoms with Crippen molar-refractivity contribution in [1.82, 2.24) is 20.1 Å². The molecule has 1 aromatic carbocycles. The van der Waals surface area contributed by atoms with Gasteiger partial charge in [0.2, 0.25) is 0 Å². The maximum atomic E-state index is 13.9. The van der Waals surface area contributed by atoms with E-state index in [0.717, 1.165) is 37.1 Å². The molecule has 0 radical (unpaired) electrons. The molecule has 2 aliphatic rings. The van der Waals surface area contributed by atoms with E-state index in [4.69, 9.17) is 33.7 Å². The van der Waals surface area contributed by atoms with Gasteiger partial charge in [0.15, 0.2) is 11.6 Å². The average Bonchev–Trinajstić information content (AvgIpc) is 3.27. The highest BCUT2D eigenvalue weighted by Crippen LogP contribution is 2.43. The van der Waals surface area contributed by atoms with Crippen molar-refractivity contribution in [1.29, 1.82) is 0 Å². The van der Waals surface area contributed by atoms with Crippen molar-refractivity contribution in [3.63, 3.8) is 0 Å². The third-order valence-electron chi connectivity index (χ3n) is 7.00. The second kappa shape index (κ2) is 8.78. The van der Waals surface area contributed by atoms with Gasteiger partial charge < -0.3 is 15.8 Å². The molecule has 0 bridgehead atoms. The van der Waals surface area contributed by atoms with Crippen molar-refractivity contribution in [3.05, 3.63) is 58.2 Å². The zero-order valence-corrected chi connectivity index (χ0v) is 19.8. The predicted molar refractivity (Wildman–Crippen MR) is 128 cm³/mol. The van der Waals surface area contributed by atoms with Gasteiger partial charge in [0.05, 0.1) is 17.3 Å². The topological polar surface area (TPSA) is 78.0 Å². The van der Waals surface area contributed by atoms with Crippen molar-refractivity contribution in [3.8, 4) is 16.9 Å². The Morgan fingerprint density at radius 3 is 2.67 bits per heavy atom. The van der Waals surface area contributed by atoms with E-state index in [0.29, 0.717) is 27.8 Å². The highest BCUT2D eigenvalue weighted by molar-refractivity contribution is 6.36. The van der Waals surface area contributed by atoms with Gasteiger partial charge in [0.1, 0.15) is 11.9 Å². The number of hydrogen-bond donors (Lipinski definition) is 2. The fraction of sp³-hybridized carbons (Fsp3) is 0.417. The van der Waals surface area contributed by atoms with E-state index >= 15 is 0 Å². The lowest BCUT2D eigenvalue weighted by Gasteiger charge is -2.47. The first-order chi connectivity index (χ1) is 15.8. The molecule has 33 heavy (non-hydrogen) atoms. The number of nitrogens with one attached hydrogen (secondary N) is 1. The van der Waals surface area contributed by atoms with E-state index < -0.39 is 11.9 Å². The number of nitrogens with zero attached hydrogens (tertiary/aromatic N) is 3. The zero-order valence-electron chi connectivity index (χ0n) is 18.3. The number of hydrogen-bond acceptors (Lipinski definition) is 5. The molecule has 5 rings (SSSR count). The van der Waals surface area contributed by atoms with E-state index in [1.807, 2.05) is 12.3 Å². The molecule has 174 valence electrons. The van der Waals surface area contributed by atoms with Gasteiger partial charge in [-0.05, 0) is 56.2 Å². The largest absolute Gasteiger partial charge is 0.482 e. The minimum absolute atomic E-state index is 0.0640. The van der Waals surface area contributed by atoms with Crippen LogP contribution < -0.4 is 15.8 Å². The van der Waals surface area contributed by atoms with Gasteiger partial charge >= 0.3 is 0 Å². The highest BCUT2D eigenvalue weighted by Gasteiger charge is 2.40. The quantitative estimate of drug-likeness (QED) is 0.441. The molecule has 1 saturated heterocycles. The maximum absolute atomic E-state index is 13.9. The van der Waals surface area contributed by atoms with Gasteiger partial charge in [-0.2, -0.15) is 5.10 Å². The monoisotopic (exact) mass is 489 g/mol. The highest BCUT2D eigenvalue weighted by atomic mass is 35.5. The number of aromatic nitrogens is 3. The summed E-state index contributed by atoms with van der Waals surface area (Å²) < 4.78 is 22.0. The molecule has 0 amide bonds. The minimum Gasteiger partial charge on any atom is -0.482 e. The molecule has 1 aliphatic heterocycles. The molecule has 1 saturated carbocycles. The normalized spacial score (nSPS) is 18.8. The van der Waals surface area contributed by atoms with Gasteiger partial charge in [-0.3, -0.25) is 4.68 Å². The molecule has 0 unspecified atom stereocenters. The molecule has 3 heterocycles. The molecule has 2 aromatic heterocycles. The number of nitrogen functional groups attached to an aromatic ring is 1. The Kier molecular flexibility index (Phi) is 5.97. The molecule has 1 aliphatic carbocycles. The van der Waals surface area contributed by atoms with Crippen LogP contribution in [0.1, 0.15) is 50.3 Å². The summed E-state index contributed by atoms with van der Waals surface area (Å²) in [6.07, 6.45) is 9.74. The van der Waals surface area contributed by atoms with E-state index in [9.17, 15) is 4.39 Å². The number of anilines is 1. The molecule has 6 nitrogen and oxygen atoms in total. The molecule has 1 spiro atoms. The Labute approximate surface area is 202 Å². The number of rotatable bonds is 5. The fourth-order valence-electron chi connectivity index (χ4n) is 4.87. The molecule has 1 atom stereocenters. The summed E-state index contributed by atoms with van der Waals surface area (Å²) in [5.74, 6) is 0.0514. The lowest BCUT2D eigenvalue weighted by atomic mass is 9.68. The van der Waals surface area contributed by atoms with Crippen LogP contribution in [-0.2, 0) is 0 Å². The van der Waals surface area contributed by atoms with Crippen molar-refractivity contribution in [2.45, 2.75) is 44.8 Å². The zero-order chi connectivity index (χ0) is 23.2. The van der Waals surface area contributed by atoms with Crippen molar-refractivity contribution < 1.29 is 9.13 Å². The number of nitrogens with two attached hydrogens (primary N) is 1. The summed E-state index contributed by atoms with van der Waals surface area (Å²) in [4.78, 5) is 4.29. The Hall–Kier alpha value is -2.35. The Morgan fingerprint density at radius 2 is 1.97 bits per heavy atom. The standard InChI is InChI=1S/C24H26Cl2FN5O/c1-14(21-18(25)2-3-19(27)22(21)26)33-20-8-15(9-30-23(20)28)16-10-31-32(11-16)17-4-6-24(7-5-17)12-29-13-24/h2-3,8-11,14,17,29H,4-7,12-13H2,1H3,(H2,28,30)/t14-/m0/s1. The third-order valence-corrected chi connectivity index (χ3v) is 7.71. The van der Waals surface area contributed by atoms with Crippen LogP contribution in [0.15, 0.2) is 36.8 Å². The summed E-state index contributed by atoms with van der Waals surface area (Å²) in [7, 11) is 0. The van der Waals surface area contributed by atoms with Crippen LogP contribution in [0.2, 0.25) is 10.0 Å². The third kappa shape index (κ3) is 4.29. The number of halogens is 3. The first kappa shape index (κ1) is 22.4. The van der Waals surface area contributed by atoms with Gasteiger partial charge in [-0.25, -0.2) is 9.37 Å². The molecule has 2 fully saturated rings. The van der Waals surface area contributed by atoms with Crippen LogP contribution in [-0.4, -0.2) is 27.9 Å². The molecular formula is C24H26Cl2FN5O. The smallest absolute Gasteiger partial charge is 0.166 e. The lowest BCUT2D eigenvalue weighted by Crippen LogP contribution is -2.54. The first-order valence-electron chi connectivity index (χ1n) is 11.2. The Bertz CT molecular complexity index is 1170. The van der Waals surface area contributed by atoms with Gasteiger partial charge in [-0.15, -0.1) is 0 Å². The van der Waals surface area contributed by atoms with E-state index in [1.165, 1.54) is 25.0 Å². The minimum atomic E-state index is -0.627. The average molecular weight is 490 g/mol. The molecule has 3 N–H and O–H groups in total. The fourth-order valence-corrected chi connectivity index (χ4v) is 5.55. The van der Waals surface area contributed by atoms with Gasteiger partial charge in [0, 0.05) is 47.2 Å². The molecule has 3 aromatic rings. The second-order valence-electron chi connectivity index (χ2n) is 9.17. The second-order valence-corrected chi connectivity index (χ2v) is 9.95. The van der Waals surface area contributed by atoms with Crippen LogP contribution in [0, 0.1) is 11.2 Å². The number of benzene rings is 1. The summed E-state index contributed by atoms with van der Waals surface area (Å²) in [6.45, 7) is 4.03. The maximum Gasteiger partial charge on any atom is 0.166 e. The first-order valence-corrected chi connectivity index (χ1v) is 11.9. The van der Waals surface area contributed by atoms with Gasteiger partial charge in [-0.1, -0.05) is 23.2 Å². The SMILES string of the molecule is C[C@H](Oc1cc(-c2cnn(C3CCC4(CC3)CNC4)c2)cnc1N)c1c(Cl)ccc(F)c1Cl. The molecule has 9 heteroatoms. The summed E-state index contributed by atoms with van der Waals surface area (Å²) in [5.41, 5.74) is 8.72. The van der Waals surface area contributed by atoms with E-state index in [-0.39, 0.29) is 10.8 Å². The van der Waals surface area contributed by atoms with Crippen LogP contribution in [0.3, 0.4) is 0 Å². The lowest BCUT2D eigenvalue weighted by molar-refractivity contribution is 0.0813. The van der Waals surface area contributed by atoms with Crippen LogP contribution in [0.4, 0.5) is 10.2 Å². The van der Waals surface area contributed by atoms with Crippen molar-refractivity contribution in [2.24, 2.45) is 5.41 Å². The van der Waals surface area contributed by atoms with Crippen LogP contribution in [0.5, 0.6) is 5.75 Å². The van der Waals surface area contributed by atoms with Crippen molar-refractivity contribution in [2.75, 3.05) is 18.8 Å². The summed E-state index contributed by atoms with van der Waals surface area (Å²) >= 11 is 12.4. The summed E-state index contributed by atoms with van der Waals surface area (Å²) in [6, 6.07) is 4.92. The van der Waals surface area contributed by atoms with E-state index in [2.05, 4.69) is 26.3 Å².